The Morgan fingerprint density at radius 3 is 2.44 bits per heavy atom. The first-order chi connectivity index (χ1) is 12.8. The highest BCUT2D eigenvalue weighted by atomic mass is 32.1. The standard InChI is InChI=1S/C19H18N6OS/c1-9-10(2)27-17(22-9)25-16(26)19-6-5-11(18(19,3)4)14-15(19)24-13(8-21)12(7-20)23-14/h11H,5-6H2,1-4H3,(H,22,25,26). The Balaban J connectivity index is 1.86. The molecule has 136 valence electrons. The molecule has 2 aliphatic carbocycles. The number of hydrogen-bond acceptors (Lipinski definition) is 7. The summed E-state index contributed by atoms with van der Waals surface area (Å²) < 4.78 is 0. The van der Waals surface area contributed by atoms with Crippen molar-refractivity contribution in [3.63, 3.8) is 0 Å². The number of fused-ring (bicyclic) bond motifs is 5. The Morgan fingerprint density at radius 1 is 1.19 bits per heavy atom. The summed E-state index contributed by atoms with van der Waals surface area (Å²) in [6.45, 7) is 7.97. The molecular formula is C19H18N6OS. The molecular weight excluding hydrogens is 360 g/mol. The quantitative estimate of drug-likeness (QED) is 0.858. The van der Waals surface area contributed by atoms with E-state index in [1.54, 1.807) is 0 Å². The third kappa shape index (κ3) is 2.11. The molecule has 2 unspecified atom stereocenters. The monoisotopic (exact) mass is 378 g/mol. The molecule has 2 aromatic rings. The minimum atomic E-state index is -0.882. The highest BCUT2D eigenvalue weighted by Gasteiger charge is 2.68. The molecule has 0 saturated heterocycles. The molecule has 0 radical (unpaired) electrons. The highest BCUT2D eigenvalue weighted by Crippen LogP contribution is 2.67. The number of nitriles is 2. The zero-order valence-electron chi connectivity index (χ0n) is 15.5. The molecule has 1 amide bonds. The summed E-state index contributed by atoms with van der Waals surface area (Å²) in [5.41, 5.74) is 0.835. The minimum Gasteiger partial charge on any atom is -0.301 e. The number of nitrogens with zero attached hydrogens (tertiary/aromatic N) is 5. The second kappa shape index (κ2) is 5.58. The van der Waals surface area contributed by atoms with E-state index in [0.29, 0.717) is 22.9 Å². The van der Waals surface area contributed by atoms with Crippen molar-refractivity contribution in [2.75, 3.05) is 5.32 Å². The summed E-state index contributed by atoms with van der Waals surface area (Å²) in [7, 11) is 0. The highest BCUT2D eigenvalue weighted by molar-refractivity contribution is 7.15. The number of nitrogens with one attached hydrogen (secondary N) is 1. The van der Waals surface area contributed by atoms with E-state index in [4.69, 9.17) is 0 Å². The predicted molar refractivity (Wildman–Crippen MR) is 99.1 cm³/mol. The smallest absolute Gasteiger partial charge is 0.239 e. The lowest BCUT2D eigenvalue weighted by atomic mass is 9.67. The molecule has 0 spiro atoms. The zero-order chi connectivity index (χ0) is 19.6. The van der Waals surface area contributed by atoms with Gasteiger partial charge in [-0.25, -0.2) is 15.0 Å². The molecule has 8 heteroatoms. The number of aromatic nitrogens is 3. The van der Waals surface area contributed by atoms with Crippen molar-refractivity contribution in [1.29, 1.82) is 10.5 Å². The second-order valence-corrected chi connectivity index (χ2v) is 8.91. The number of rotatable bonds is 2. The van der Waals surface area contributed by atoms with Gasteiger partial charge in [0.2, 0.25) is 5.91 Å². The molecule has 4 rings (SSSR count). The Bertz CT molecular complexity index is 1050. The Labute approximate surface area is 161 Å². The lowest BCUT2D eigenvalue weighted by molar-refractivity contribution is -0.124. The molecule has 0 aromatic carbocycles. The topological polar surface area (TPSA) is 115 Å². The van der Waals surface area contributed by atoms with Crippen LogP contribution < -0.4 is 5.32 Å². The maximum absolute atomic E-state index is 13.5. The van der Waals surface area contributed by atoms with Crippen LogP contribution in [0, 0.1) is 41.9 Å². The van der Waals surface area contributed by atoms with Crippen molar-refractivity contribution in [3.8, 4) is 12.1 Å². The van der Waals surface area contributed by atoms with Crippen molar-refractivity contribution in [3.05, 3.63) is 33.3 Å². The molecule has 7 nitrogen and oxygen atoms in total. The fourth-order valence-electron chi connectivity index (χ4n) is 4.65. The van der Waals surface area contributed by atoms with Crippen molar-refractivity contribution in [1.82, 2.24) is 15.0 Å². The summed E-state index contributed by atoms with van der Waals surface area (Å²) in [4.78, 5) is 27.9. The Kier molecular flexibility index (Phi) is 3.63. The second-order valence-electron chi connectivity index (χ2n) is 7.71. The van der Waals surface area contributed by atoms with Gasteiger partial charge in [-0.15, -0.1) is 11.3 Å². The molecule has 2 atom stereocenters. The molecule has 1 N–H and O–H groups in total. The van der Waals surface area contributed by atoms with E-state index in [-0.39, 0.29) is 23.2 Å². The number of aryl methyl sites for hydroxylation is 2. The third-order valence-corrected chi connectivity index (χ3v) is 7.27. The fraction of sp³-hybridized carbons (Fsp3) is 0.474. The van der Waals surface area contributed by atoms with Crippen molar-refractivity contribution in [2.45, 2.75) is 51.9 Å². The summed E-state index contributed by atoms with van der Waals surface area (Å²) in [5, 5.41) is 22.2. The van der Waals surface area contributed by atoms with Gasteiger partial charge >= 0.3 is 0 Å². The lowest BCUT2D eigenvalue weighted by Crippen LogP contribution is -2.46. The molecule has 2 bridgehead atoms. The van der Waals surface area contributed by atoms with E-state index in [0.717, 1.165) is 17.0 Å². The summed E-state index contributed by atoms with van der Waals surface area (Å²) in [6.07, 6.45) is 1.44. The summed E-state index contributed by atoms with van der Waals surface area (Å²) >= 11 is 1.44. The normalized spacial score (nSPS) is 24.1. The van der Waals surface area contributed by atoms with E-state index in [1.165, 1.54) is 11.3 Å². The van der Waals surface area contributed by atoms with Crippen LogP contribution in [0.25, 0.3) is 0 Å². The van der Waals surface area contributed by atoms with Gasteiger partial charge in [-0.1, -0.05) is 13.8 Å². The molecule has 2 aromatic heterocycles. The van der Waals surface area contributed by atoms with Gasteiger partial charge in [0.15, 0.2) is 16.5 Å². The summed E-state index contributed by atoms with van der Waals surface area (Å²) in [5.74, 6) is -0.129. The largest absolute Gasteiger partial charge is 0.301 e. The average molecular weight is 378 g/mol. The van der Waals surface area contributed by atoms with E-state index in [2.05, 4.69) is 20.3 Å². The van der Waals surface area contributed by atoms with Gasteiger partial charge in [-0.05, 0) is 32.1 Å². The Hall–Kier alpha value is -2.84. The van der Waals surface area contributed by atoms with Crippen LogP contribution in [-0.2, 0) is 10.2 Å². The first kappa shape index (κ1) is 17.6. The number of carbonyl (C=O) groups excluding carboxylic acids is 1. The summed E-state index contributed by atoms with van der Waals surface area (Å²) in [6, 6.07) is 3.89. The first-order valence-corrected chi connectivity index (χ1v) is 9.56. The zero-order valence-corrected chi connectivity index (χ0v) is 16.4. The van der Waals surface area contributed by atoms with Gasteiger partial charge < -0.3 is 5.32 Å². The minimum absolute atomic E-state index is 0.0206. The first-order valence-electron chi connectivity index (χ1n) is 8.74. The van der Waals surface area contributed by atoms with Gasteiger partial charge in [0.05, 0.1) is 22.5 Å². The number of carbonyl (C=O) groups is 1. The molecule has 27 heavy (non-hydrogen) atoms. The van der Waals surface area contributed by atoms with Crippen LogP contribution in [0.1, 0.15) is 66.0 Å². The van der Waals surface area contributed by atoms with Crippen LogP contribution in [0.4, 0.5) is 5.13 Å². The number of thiazole rings is 1. The fourth-order valence-corrected chi connectivity index (χ4v) is 5.46. The van der Waals surface area contributed by atoms with Crippen LogP contribution in [0.15, 0.2) is 0 Å². The molecule has 1 saturated carbocycles. The van der Waals surface area contributed by atoms with Gasteiger partial charge in [0.25, 0.3) is 0 Å². The van der Waals surface area contributed by atoms with Gasteiger partial charge in [0.1, 0.15) is 12.1 Å². The van der Waals surface area contributed by atoms with Crippen LogP contribution in [0.3, 0.4) is 0 Å². The van der Waals surface area contributed by atoms with Gasteiger partial charge in [-0.2, -0.15) is 10.5 Å². The molecule has 2 aliphatic rings. The Morgan fingerprint density at radius 2 is 1.85 bits per heavy atom. The average Bonchev–Trinajstić information content (AvgIpc) is 3.16. The third-order valence-electron chi connectivity index (χ3n) is 6.28. The van der Waals surface area contributed by atoms with E-state index in [1.807, 2.05) is 39.8 Å². The van der Waals surface area contributed by atoms with E-state index < -0.39 is 10.8 Å². The van der Waals surface area contributed by atoms with E-state index in [9.17, 15) is 15.3 Å². The maximum Gasteiger partial charge on any atom is 0.239 e. The number of amides is 1. The van der Waals surface area contributed by atoms with Gasteiger partial charge in [0, 0.05) is 10.8 Å². The van der Waals surface area contributed by atoms with Crippen molar-refractivity contribution >= 4 is 22.4 Å². The molecule has 1 fully saturated rings. The maximum atomic E-state index is 13.5. The van der Waals surface area contributed by atoms with Crippen LogP contribution in [0.5, 0.6) is 0 Å². The SMILES string of the molecule is Cc1nc(NC(=O)C23CCC(c4nc(C#N)c(C#N)nc42)C3(C)C)sc1C. The molecule has 2 heterocycles. The van der Waals surface area contributed by atoms with Crippen LogP contribution >= 0.6 is 11.3 Å². The van der Waals surface area contributed by atoms with E-state index >= 15 is 0 Å². The number of anilines is 1. The van der Waals surface area contributed by atoms with Crippen molar-refractivity contribution < 1.29 is 4.79 Å². The number of hydrogen-bond donors (Lipinski definition) is 1. The van der Waals surface area contributed by atoms with Crippen molar-refractivity contribution in [2.24, 2.45) is 5.41 Å². The van der Waals surface area contributed by atoms with Crippen LogP contribution in [0.2, 0.25) is 0 Å². The molecule has 0 aliphatic heterocycles. The predicted octanol–water partition coefficient (Wildman–Crippen LogP) is 3.09. The van der Waals surface area contributed by atoms with Gasteiger partial charge in [-0.3, -0.25) is 4.79 Å². The van der Waals surface area contributed by atoms with Crippen LogP contribution in [-0.4, -0.2) is 20.9 Å². The lowest BCUT2D eigenvalue weighted by Gasteiger charge is -2.35.